The molecule has 0 atom stereocenters. The van der Waals surface area contributed by atoms with E-state index < -0.39 is 5.97 Å². The van der Waals surface area contributed by atoms with Gasteiger partial charge in [-0.2, -0.15) is 0 Å². The van der Waals surface area contributed by atoms with Gasteiger partial charge in [0.15, 0.2) is 0 Å². The van der Waals surface area contributed by atoms with Gasteiger partial charge in [-0.05, 0) is 50.1 Å². The molecule has 1 aromatic carbocycles. The number of aromatic nitrogens is 1. The Morgan fingerprint density at radius 2 is 1.72 bits per heavy atom. The van der Waals surface area contributed by atoms with Gasteiger partial charge in [-0.15, -0.1) is 0 Å². The Bertz CT molecular complexity index is 748. The molecule has 0 spiro atoms. The number of carbonyl (C=O) groups is 1. The van der Waals surface area contributed by atoms with Gasteiger partial charge >= 0.3 is 5.97 Å². The molecular weight excluding hydrogens is 314 g/mol. The van der Waals surface area contributed by atoms with Gasteiger partial charge in [-0.25, -0.2) is 9.78 Å². The van der Waals surface area contributed by atoms with Crippen molar-refractivity contribution in [2.24, 2.45) is 0 Å². The minimum absolute atomic E-state index is 0.299. The molecule has 1 aromatic heterocycles. The third kappa shape index (κ3) is 3.82. The molecule has 2 heterocycles. The average Bonchev–Trinajstić information content (AvgIpc) is 2.62. The monoisotopic (exact) mass is 339 g/mol. The van der Waals surface area contributed by atoms with E-state index in [1.807, 2.05) is 18.3 Å². The van der Waals surface area contributed by atoms with Crippen LogP contribution in [0, 0.1) is 6.92 Å². The molecule has 3 rings (SSSR count). The number of carboxylic acid groups (broad SMARTS) is 1. The Hall–Kier alpha value is -2.40. The third-order valence-electron chi connectivity index (χ3n) is 4.86. The van der Waals surface area contributed by atoms with E-state index in [4.69, 9.17) is 10.1 Å². The quantitative estimate of drug-likeness (QED) is 0.926. The SMILES string of the molecule is Cc1cc(-c2ccc(C(=O)O)cc2)cnc1N1CCN(C(C)C)CC1. The molecule has 1 fully saturated rings. The van der Waals surface area contributed by atoms with Crippen molar-refractivity contribution in [3.05, 3.63) is 47.7 Å². The number of aromatic carboxylic acids is 1. The van der Waals surface area contributed by atoms with E-state index in [9.17, 15) is 4.79 Å². The summed E-state index contributed by atoms with van der Waals surface area (Å²) in [6.45, 7) is 10.7. The van der Waals surface area contributed by atoms with Gasteiger partial charge in [-0.3, -0.25) is 4.90 Å². The number of nitrogens with zero attached hydrogens (tertiary/aromatic N) is 3. The fraction of sp³-hybridized carbons (Fsp3) is 0.400. The van der Waals surface area contributed by atoms with Crippen LogP contribution in [0.15, 0.2) is 36.5 Å². The second-order valence-corrected chi connectivity index (χ2v) is 6.86. The van der Waals surface area contributed by atoms with Crippen LogP contribution in [0.1, 0.15) is 29.8 Å². The van der Waals surface area contributed by atoms with Crippen molar-refractivity contribution in [2.45, 2.75) is 26.8 Å². The predicted octanol–water partition coefficient (Wildman–Crippen LogP) is 3.29. The predicted molar refractivity (Wildman–Crippen MR) is 100 cm³/mol. The van der Waals surface area contributed by atoms with Crippen LogP contribution in [-0.4, -0.2) is 53.2 Å². The molecule has 2 aromatic rings. The van der Waals surface area contributed by atoms with E-state index in [0.29, 0.717) is 11.6 Å². The minimum Gasteiger partial charge on any atom is -0.478 e. The van der Waals surface area contributed by atoms with Gasteiger partial charge in [0.1, 0.15) is 5.82 Å². The maximum atomic E-state index is 11.0. The lowest BCUT2D eigenvalue weighted by Crippen LogP contribution is -2.49. The molecule has 0 saturated carbocycles. The van der Waals surface area contributed by atoms with Crippen LogP contribution >= 0.6 is 0 Å². The summed E-state index contributed by atoms with van der Waals surface area (Å²) in [6, 6.07) is 9.65. The lowest BCUT2D eigenvalue weighted by atomic mass is 10.0. The third-order valence-corrected chi connectivity index (χ3v) is 4.86. The van der Waals surface area contributed by atoms with Crippen LogP contribution in [0.4, 0.5) is 5.82 Å². The molecule has 1 aliphatic rings. The van der Waals surface area contributed by atoms with Gasteiger partial charge in [0.05, 0.1) is 5.56 Å². The Balaban J connectivity index is 1.76. The Kier molecular flexibility index (Phi) is 5.04. The van der Waals surface area contributed by atoms with E-state index >= 15 is 0 Å². The minimum atomic E-state index is -0.906. The van der Waals surface area contributed by atoms with E-state index in [-0.39, 0.29) is 0 Å². The van der Waals surface area contributed by atoms with Crippen molar-refractivity contribution in [3.63, 3.8) is 0 Å². The molecule has 5 heteroatoms. The van der Waals surface area contributed by atoms with Crippen molar-refractivity contribution < 1.29 is 9.90 Å². The summed E-state index contributed by atoms with van der Waals surface area (Å²) in [5.74, 6) is 0.144. The van der Waals surface area contributed by atoms with E-state index in [2.05, 4.69) is 36.6 Å². The lowest BCUT2D eigenvalue weighted by molar-refractivity contribution is 0.0697. The fourth-order valence-corrected chi connectivity index (χ4v) is 3.31. The first-order valence-corrected chi connectivity index (χ1v) is 8.75. The molecule has 25 heavy (non-hydrogen) atoms. The van der Waals surface area contributed by atoms with Gasteiger partial charge in [0.2, 0.25) is 0 Å². The number of benzene rings is 1. The van der Waals surface area contributed by atoms with Crippen LogP contribution in [-0.2, 0) is 0 Å². The lowest BCUT2D eigenvalue weighted by Gasteiger charge is -2.38. The highest BCUT2D eigenvalue weighted by Gasteiger charge is 2.21. The Morgan fingerprint density at radius 1 is 1.08 bits per heavy atom. The van der Waals surface area contributed by atoms with Gasteiger partial charge in [0.25, 0.3) is 0 Å². The van der Waals surface area contributed by atoms with Crippen LogP contribution in [0.25, 0.3) is 11.1 Å². The summed E-state index contributed by atoms with van der Waals surface area (Å²) in [7, 11) is 0. The maximum Gasteiger partial charge on any atom is 0.335 e. The summed E-state index contributed by atoms with van der Waals surface area (Å²) in [6.07, 6.45) is 1.88. The van der Waals surface area contributed by atoms with Crippen LogP contribution in [0.5, 0.6) is 0 Å². The highest BCUT2D eigenvalue weighted by atomic mass is 16.4. The van der Waals surface area contributed by atoms with Crippen molar-refractivity contribution >= 4 is 11.8 Å². The molecule has 1 aliphatic heterocycles. The zero-order valence-corrected chi connectivity index (χ0v) is 15.1. The molecule has 5 nitrogen and oxygen atoms in total. The number of hydrogen-bond donors (Lipinski definition) is 1. The van der Waals surface area contributed by atoms with Gasteiger partial charge < -0.3 is 10.0 Å². The summed E-state index contributed by atoms with van der Waals surface area (Å²) >= 11 is 0. The number of pyridine rings is 1. The second-order valence-electron chi connectivity index (χ2n) is 6.86. The first-order valence-electron chi connectivity index (χ1n) is 8.75. The maximum absolute atomic E-state index is 11.0. The standard InChI is InChI=1S/C20H25N3O2/c1-14(2)22-8-10-23(11-9-22)19-15(3)12-18(13-21-19)16-4-6-17(7-5-16)20(24)25/h4-7,12-14H,8-11H2,1-3H3,(H,24,25). The van der Waals surface area contributed by atoms with Crippen LogP contribution < -0.4 is 4.90 Å². The molecule has 1 saturated heterocycles. The van der Waals surface area contributed by atoms with Gasteiger partial charge in [-0.1, -0.05) is 12.1 Å². The molecule has 1 N–H and O–H groups in total. The number of aryl methyl sites for hydroxylation is 1. The zero-order chi connectivity index (χ0) is 18.0. The van der Waals surface area contributed by atoms with Crippen molar-refractivity contribution in [3.8, 4) is 11.1 Å². The number of hydrogen-bond acceptors (Lipinski definition) is 4. The molecule has 132 valence electrons. The summed E-state index contributed by atoms with van der Waals surface area (Å²) < 4.78 is 0. The van der Waals surface area contributed by atoms with Crippen molar-refractivity contribution in [1.29, 1.82) is 0 Å². The first-order chi connectivity index (χ1) is 12.0. The van der Waals surface area contributed by atoms with Gasteiger partial charge in [0, 0.05) is 44.0 Å². The smallest absolute Gasteiger partial charge is 0.335 e. The van der Waals surface area contributed by atoms with E-state index in [1.54, 1.807) is 12.1 Å². The van der Waals surface area contributed by atoms with E-state index in [0.717, 1.165) is 48.7 Å². The van der Waals surface area contributed by atoms with E-state index in [1.165, 1.54) is 0 Å². The first kappa shape index (κ1) is 17.4. The number of carboxylic acids is 1. The molecule has 0 bridgehead atoms. The largest absolute Gasteiger partial charge is 0.478 e. The number of anilines is 1. The zero-order valence-electron chi connectivity index (χ0n) is 15.1. The molecule has 0 aliphatic carbocycles. The van der Waals surface area contributed by atoms with Crippen LogP contribution in [0.2, 0.25) is 0 Å². The fourth-order valence-electron chi connectivity index (χ4n) is 3.31. The molecule has 0 amide bonds. The normalized spacial score (nSPS) is 15.6. The topological polar surface area (TPSA) is 56.7 Å². The molecule has 0 radical (unpaired) electrons. The summed E-state index contributed by atoms with van der Waals surface area (Å²) in [4.78, 5) is 20.5. The highest BCUT2D eigenvalue weighted by molar-refractivity contribution is 5.88. The second kappa shape index (κ2) is 7.23. The average molecular weight is 339 g/mol. The number of piperazine rings is 1. The number of rotatable bonds is 4. The molecular formula is C20H25N3O2. The van der Waals surface area contributed by atoms with Crippen molar-refractivity contribution in [1.82, 2.24) is 9.88 Å². The Morgan fingerprint density at radius 3 is 2.24 bits per heavy atom. The molecule has 0 unspecified atom stereocenters. The Labute approximate surface area is 148 Å². The summed E-state index contributed by atoms with van der Waals surface area (Å²) in [5, 5.41) is 9.00. The summed E-state index contributed by atoms with van der Waals surface area (Å²) in [5.41, 5.74) is 3.45. The van der Waals surface area contributed by atoms with Crippen molar-refractivity contribution in [2.75, 3.05) is 31.1 Å². The highest BCUT2D eigenvalue weighted by Crippen LogP contribution is 2.26. The van der Waals surface area contributed by atoms with Crippen LogP contribution in [0.3, 0.4) is 0 Å².